The summed E-state index contributed by atoms with van der Waals surface area (Å²) >= 11 is 0. The number of benzene rings is 1. The minimum absolute atomic E-state index is 0.214. The Kier molecular flexibility index (Phi) is 8.27. The second-order valence-electron chi connectivity index (χ2n) is 8.63. The molecule has 3 nitrogen and oxygen atoms in total. The number of rotatable bonds is 10. The van der Waals surface area contributed by atoms with E-state index in [0.717, 1.165) is 29.9 Å². The Labute approximate surface area is 154 Å². The summed E-state index contributed by atoms with van der Waals surface area (Å²) in [5, 5.41) is 30.9. The quantitative estimate of drug-likeness (QED) is 0.478. The summed E-state index contributed by atoms with van der Waals surface area (Å²) in [7, 11) is 0. The van der Waals surface area contributed by atoms with Gasteiger partial charge in [0.1, 0.15) is 11.5 Å². The van der Waals surface area contributed by atoms with Gasteiger partial charge in [0.2, 0.25) is 0 Å². The molecular weight excluding hydrogens is 312 g/mol. The van der Waals surface area contributed by atoms with E-state index >= 15 is 0 Å². The average molecular weight is 351 g/mol. The Morgan fingerprint density at radius 1 is 1.00 bits per heavy atom. The molecule has 0 aliphatic carbocycles. The van der Waals surface area contributed by atoms with Crippen molar-refractivity contribution < 1.29 is 15.3 Å². The minimum atomic E-state index is -0.744. The molecule has 0 saturated carbocycles. The van der Waals surface area contributed by atoms with Crippen LogP contribution in [0.3, 0.4) is 0 Å². The lowest BCUT2D eigenvalue weighted by Gasteiger charge is -2.26. The molecule has 0 aliphatic rings. The van der Waals surface area contributed by atoms with E-state index < -0.39 is 5.60 Å². The Morgan fingerprint density at radius 3 is 2.24 bits per heavy atom. The van der Waals surface area contributed by atoms with Gasteiger partial charge in [0, 0.05) is 5.56 Å². The van der Waals surface area contributed by atoms with Gasteiger partial charge < -0.3 is 15.3 Å². The first-order valence-electron chi connectivity index (χ1n) is 9.77. The zero-order valence-electron chi connectivity index (χ0n) is 17.0. The molecule has 1 unspecified atom stereocenters. The molecule has 1 aromatic carbocycles. The van der Waals surface area contributed by atoms with Crippen LogP contribution in [-0.2, 0) is 6.42 Å². The molecule has 2 atom stereocenters. The maximum absolute atomic E-state index is 10.7. The molecule has 3 N–H and O–H groups in total. The molecule has 3 heteroatoms. The number of hydrogen-bond acceptors (Lipinski definition) is 3. The molecule has 0 spiro atoms. The molecule has 0 aliphatic heterocycles. The van der Waals surface area contributed by atoms with E-state index in [4.69, 9.17) is 0 Å². The fraction of sp³-hybridized carbons (Fsp3) is 0.727. The average Bonchev–Trinajstić information content (AvgIpc) is 2.50. The second kappa shape index (κ2) is 9.47. The van der Waals surface area contributed by atoms with Crippen molar-refractivity contribution in [3.05, 3.63) is 22.8 Å². The van der Waals surface area contributed by atoms with Crippen LogP contribution in [0.15, 0.2) is 6.07 Å². The zero-order chi connectivity index (χ0) is 19.2. The molecule has 144 valence electrons. The summed E-state index contributed by atoms with van der Waals surface area (Å²) in [4.78, 5) is 0. The Hall–Kier alpha value is -1.22. The van der Waals surface area contributed by atoms with Crippen molar-refractivity contribution in [3.63, 3.8) is 0 Å². The van der Waals surface area contributed by atoms with Crippen molar-refractivity contribution in [2.24, 2.45) is 11.8 Å². The van der Waals surface area contributed by atoms with Crippen LogP contribution in [0.4, 0.5) is 0 Å². The summed E-state index contributed by atoms with van der Waals surface area (Å²) in [5.74, 6) is 1.85. The zero-order valence-corrected chi connectivity index (χ0v) is 17.0. The lowest BCUT2D eigenvalue weighted by molar-refractivity contribution is 0.0357. The molecular formula is C22H38O3. The Morgan fingerprint density at radius 2 is 1.64 bits per heavy atom. The number of aliphatic hydroxyl groups is 1. The largest absolute Gasteiger partial charge is 0.508 e. The van der Waals surface area contributed by atoms with Crippen molar-refractivity contribution >= 4 is 0 Å². The monoisotopic (exact) mass is 350 g/mol. The van der Waals surface area contributed by atoms with Gasteiger partial charge in [-0.05, 0) is 75.5 Å². The Balaban J connectivity index is 2.52. The van der Waals surface area contributed by atoms with E-state index in [-0.39, 0.29) is 11.5 Å². The summed E-state index contributed by atoms with van der Waals surface area (Å²) in [6.07, 6.45) is 6.71. The highest BCUT2D eigenvalue weighted by molar-refractivity contribution is 5.51. The summed E-state index contributed by atoms with van der Waals surface area (Å²) < 4.78 is 0. The Bertz CT molecular complexity index is 547. The third kappa shape index (κ3) is 7.27. The first kappa shape index (κ1) is 21.8. The SMILES string of the molecule is Cc1cc(O)c(CCC(C)(O)CC[C@H](C)CCCC(C)C)c(C)c1O. The molecule has 1 aromatic rings. The van der Waals surface area contributed by atoms with Crippen LogP contribution >= 0.6 is 0 Å². The highest BCUT2D eigenvalue weighted by atomic mass is 16.3. The first-order valence-corrected chi connectivity index (χ1v) is 9.77. The molecule has 0 bridgehead atoms. The maximum Gasteiger partial charge on any atom is 0.121 e. The molecule has 0 saturated heterocycles. The summed E-state index contributed by atoms with van der Waals surface area (Å²) in [5.41, 5.74) is 1.40. The van der Waals surface area contributed by atoms with Crippen molar-refractivity contribution in [2.45, 2.75) is 92.1 Å². The number of phenols is 2. The van der Waals surface area contributed by atoms with Gasteiger partial charge in [0.25, 0.3) is 0 Å². The van der Waals surface area contributed by atoms with Gasteiger partial charge in [-0.25, -0.2) is 0 Å². The predicted molar refractivity (Wildman–Crippen MR) is 105 cm³/mol. The lowest BCUT2D eigenvalue weighted by Crippen LogP contribution is -2.25. The van der Waals surface area contributed by atoms with Crippen LogP contribution in [0.1, 0.15) is 82.9 Å². The van der Waals surface area contributed by atoms with Crippen LogP contribution in [0.5, 0.6) is 11.5 Å². The third-order valence-corrected chi connectivity index (χ3v) is 5.41. The molecule has 25 heavy (non-hydrogen) atoms. The van der Waals surface area contributed by atoms with Gasteiger partial charge in [-0.3, -0.25) is 0 Å². The highest BCUT2D eigenvalue weighted by Crippen LogP contribution is 2.34. The molecule has 1 rings (SSSR count). The van der Waals surface area contributed by atoms with E-state index in [1.165, 1.54) is 19.3 Å². The van der Waals surface area contributed by atoms with Gasteiger partial charge in [0.05, 0.1) is 5.60 Å². The highest BCUT2D eigenvalue weighted by Gasteiger charge is 2.23. The van der Waals surface area contributed by atoms with E-state index in [9.17, 15) is 15.3 Å². The standard InChI is InChI=1S/C22H38O3/c1-15(2)8-7-9-16(3)10-12-22(6,25)13-11-19-18(5)21(24)17(4)14-20(19)23/h14-16,23-25H,7-13H2,1-6H3/t16-,22?/m1/s1. The van der Waals surface area contributed by atoms with Gasteiger partial charge in [-0.15, -0.1) is 0 Å². The smallest absolute Gasteiger partial charge is 0.121 e. The minimum Gasteiger partial charge on any atom is -0.508 e. The van der Waals surface area contributed by atoms with Gasteiger partial charge in [-0.1, -0.05) is 40.0 Å². The van der Waals surface area contributed by atoms with Crippen molar-refractivity contribution in [2.75, 3.05) is 0 Å². The van der Waals surface area contributed by atoms with Crippen molar-refractivity contribution in [3.8, 4) is 11.5 Å². The second-order valence-corrected chi connectivity index (χ2v) is 8.63. The van der Waals surface area contributed by atoms with Crippen molar-refractivity contribution in [1.82, 2.24) is 0 Å². The van der Waals surface area contributed by atoms with Gasteiger partial charge >= 0.3 is 0 Å². The topological polar surface area (TPSA) is 60.7 Å². The third-order valence-electron chi connectivity index (χ3n) is 5.41. The van der Waals surface area contributed by atoms with Gasteiger partial charge in [0.15, 0.2) is 0 Å². The van der Waals surface area contributed by atoms with E-state index in [1.54, 1.807) is 13.0 Å². The van der Waals surface area contributed by atoms with Crippen LogP contribution in [-0.4, -0.2) is 20.9 Å². The molecule has 0 amide bonds. The van der Waals surface area contributed by atoms with Crippen LogP contribution in [0.25, 0.3) is 0 Å². The molecule has 0 fully saturated rings. The van der Waals surface area contributed by atoms with Gasteiger partial charge in [-0.2, -0.15) is 0 Å². The number of aryl methyl sites for hydroxylation is 1. The lowest BCUT2D eigenvalue weighted by atomic mass is 9.86. The fourth-order valence-corrected chi connectivity index (χ4v) is 3.40. The summed E-state index contributed by atoms with van der Waals surface area (Å²) in [6, 6.07) is 1.60. The number of phenolic OH excluding ortho intramolecular Hbond substituents is 2. The maximum atomic E-state index is 10.7. The van der Waals surface area contributed by atoms with E-state index in [0.29, 0.717) is 24.3 Å². The van der Waals surface area contributed by atoms with E-state index in [2.05, 4.69) is 20.8 Å². The predicted octanol–water partition coefficient (Wildman–Crippen LogP) is 5.64. The summed E-state index contributed by atoms with van der Waals surface area (Å²) in [6.45, 7) is 12.3. The normalized spacial score (nSPS) is 15.4. The fourth-order valence-electron chi connectivity index (χ4n) is 3.40. The number of hydrogen-bond donors (Lipinski definition) is 3. The van der Waals surface area contributed by atoms with Crippen LogP contribution in [0.2, 0.25) is 0 Å². The molecule has 0 aromatic heterocycles. The molecule has 0 heterocycles. The van der Waals surface area contributed by atoms with Crippen LogP contribution < -0.4 is 0 Å². The number of aromatic hydroxyl groups is 2. The van der Waals surface area contributed by atoms with Crippen molar-refractivity contribution in [1.29, 1.82) is 0 Å². The first-order chi connectivity index (χ1) is 11.5. The van der Waals surface area contributed by atoms with E-state index in [1.807, 2.05) is 13.8 Å². The molecule has 0 radical (unpaired) electrons. The van der Waals surface area contributed by atoms with Crippen LogP contribution in [0, 0.1) is 25.7 Å².